The quantitative estimate of drug-likeness (QED) is 0.299. The molecule has 2 aromatic heterocycles. The molecule has 9 heteroatoms. The van der Waals surface area contributed by atoms with E-state index in [0.717, 1.165) is 58.8 Å². The molecule has 0 spiro atoms. The van der Waals surface area contributed by atoms with Gasteiger partial charge in [0.2, 0.25) is 5.95 Å². The van der Waals surface area contributed by atoms with Gasteiger partial charge >= 0.3 is 0 Å². The maximum absolute atomic E-state index is 10.2. The first-order chi connectivity index (χ1) is 15.5. The lowest BCUT2D eigenvalue weighted by atomic mass is 9.92. The molecule has 1 aromatic carbocycles. The Morgan fingerprint density at radius 1 is 1.19 bits per heavy atom. The Labute approximate surface area is 202 Å². The highest BCUT2D eigenvalue weighted by Crippen LogP contribution is 2.29. The van der Waals surface area contributed by atoms with Crippen molar-refractivity contribution >= 4 is 45.5 Å². The number of benzene rings is 1. The first kappa shape index (κ1) is 23.0. The van der Waals surface area contributed by atoms with Crippen molar-refractivity contribution < 1.29 is 5.11 Å². The predicted molar refractivity (Wildman–Crippen MR) is 137 cm³/mol. The van der Waals surface area contributed by atoms with Gasteiger partial charge in [0.15, 0.2) is 17.0 Å². The number of rotatable bonds is 8. The van der Waals surface area contributed by atoms with Gasteiger partial charge in [-0.1, -0.05) is 13.8 Å². The second-order valence-corrected chi connectivity index (χ2v) is 9.82. The molecule has 0 saturated heterocycles. The van der Waals surface area contributed by atoms with Crippen molar-refractivity contribution in [3.8, 4) is 5.75 Å². The number of phenols is 1. The van der Waals surface area contributed by atoms with Crippen LogP contribution in [0.15, 0.2) is 24.5 Å². The third kappa shape index (κ3) is 5.09. The number of phenolic OH excluding ortho intramolecular Hbond substituents is 1. The van der Waals surface area contributed by atoms with E-state index in [1.165, 1.54) is 0 Å². The van der Waals surface area contributed by atoms with Crippen LogP contribution in [0, 0.1) is 3.57 Å². The van der Waals surface area contributed by atoms with Crippen LogP contribution in [0.5, 0.6) is 5.75 Å². The van der Waals surface area contributed by atoms with Crippen LogP contribution in [0.1, 0.15) is 64.0 Å². The van der Waals surface area contributed by atoms with E-state index in [-0.39, 0.29) is 5.75 Å². The summed E-state index contributed by atoms with van der Waals surface area (Å²) < 4.78 is 3.23. The number of nitrogens with two attached hydrogens (primary N) is 1. The molecule has 172 valence electrons. The topological polar surface area (TPSA) is 114 Å². The molecule has 0 aliphatic heterocycles. The van der Waals surface area contributed by atoms with E-state index in [2.05, 4.69) is 56.6 Å². The molecule has 0 radical (unpaired) electrons. The van der Waals surface area contributed by atoms with E-state index >= 15 is 0 Å². The van der Waals surface area contributed by atoms with Gasteiger partial charge in [0.05, 0.1) is 6.33 Å². The third-order valence-electron chi connectivity index (χ3n) is 6.35. The molecule has 2 heterocycles. The van der Waals surface area contributed by atoms with Crippen molar-refractivity contribution in [2.45, 2.75) is 77.0 Å². The van der Waals surface area contributed by atoms with Crippen LogP contribution in [0.3, 0.4) is 0 Å². The fourth-order valence-corrected chi connectivity index (χ4v) is 4.93. The van der Waals surface area contributed by atoms with Crippen LogP contribution in [0.25, 0.3) is 11.2 Å². The number of fused-ring (bicyclic) bond motifs is 1. The summed E-state index contributed by atoms with van der Waals surface area (Å²) in [5.74, 6) is 1.55. The zero-order chi connectivity index (χ0) is 22.7. The first-order valence-electron chi connectivity index (χ1n) is 11.5. The molecule has 3 aromatic rings. The van der Waals surface area contributed by atoms with E-state index in [9.17, 15) is 5.11 Å². The van der Waals surface area contributed by atoms with Crippen molar-refractivity contribution in [2.24, 2.45) is 5.73 Å². The van der Waals surface area contributed by atoms with Gasteiger partial charge in [-0.2, -0.15) is 9.97 Å². The molecule has 32 heavy (non-hydrogen) atoms. The van der Waals surface area contributed by atoms with Gasteiger partial charge < -0.3 is 26.0 Å². The van der Waals surface area contributed by atoms with Crippen LogP contribution in [-0.2, 0) is 6.54 Å². The Bertz CT molecular complexity index is 1060. The fourth-order valence-electron chi connectivity index (χ4n) is 4.37. The maximum Gasteiger partial charge on any atom is 0.227 e. The zero-order valence-corrected chi connectivity index (χ0v) is 20.8. The van der Waals surface area contributed by atoms with Crippen LogP contribution < -0.4 is 16.4 Å². The molecule has 1 saturated carbocycles. The molecular formula is C23H32IN7O. The van der Waals surface area contributed by atoms with Gasteiger partial charge in [-0.3, -0.25) is 0 Å². The highest BCUT2D eigenvalue weighted by molar-refractivity contribution is 14.1. The predicted octanol–water partition coefficient (Wildman–Crippen LogP) is 4.79. The number of aromatic hydroxyl groups is 1. The molecule has 0 bridgehead atoms. The van der Waals surface area contributed by atoms with Crippen LogP contribution in [0.2, 0.25) is 0 Å². The van der Waals surface area contributed by atoms with E-state index in [1.807, 2.05) is 18.5 Å². The molecule has 8 nitrogen and oxygen atoms in total. The number of nitrogens with one attached hydrogen (secondary N) is 2. The van der Waals surface area contributed by atoms with Crippen molar-refractivity contribution in [3.05, 3.63) is 33.7 Å². The molecule has 0 amide bonds. The second kappa shape index (κ2) is 10.2. The number of aromatic nitrogens is 4. The number of imidazole rings is 1. The van der Waals surface area contributed by atoms with Gasteiger partial charge in [0.25, 0.3) is 0 Å². The van der Waals surface area contributed by atoms with Crippen LogP contribution in [0.4, 0.5) is 11.8 Å². The highest BCUT2D eigenvalue weighted by atomic mass is 127. The lowest BCUT2D eigenvalue weighted by molar-refractivity contribution is 0.410. The number of nitrogens with zero attached hydrogens (tertiary/aromatic N) is 4. The number of hydrogen-bond acceptors (Lipinski definition) is 7. The highest BCUT2D eigenvalue weighted by Gasteiger charge is 2.22. The summed E-state index contributed by atoms with van der Waals surface area (Å²) >= 11 is 2.25. The smallest absolute Gasteiger partial charge is 0.227 e. The number of anilines is 2. The van der Waals surface area contributed by atoms with Gasteiger partial charge in [-0.25, -0.2) is 4.98 Å². The van der Waals surface area contributed by atoms with E-state index in [4.69, 9.17) is 15.7 Å². The zero-order valence-electron chi connectivity index (χ0n) is 18.7. The van der Waals surface area contributed by atoms with Crippen LogP contribution >= 0.6 is 22.6 Å². The molecule has 1 aliphatic rings. The Balaban J connectivity index is 1.66. The summed E-state index contributed by atoms with van der Waals surface area (Å²) in [6.45, 7) is 4.82. The molecule has 0 unspecified atom stereocenters. The molecule has 1 fully saturated rings. The SMILES string of the molecule is CCC(CC)n1cnc2c(NCc3cc(I)ccc3O)nc(NC3CCC(N)CC3)nc21. The molecule has 0 atom stereocenters. The Hall–Kier alpha value is -2.14. The number of halogens is 1. The van der Waals surface area contributed by atoms with E-state index in [0.29, 0.717) is 36.4 Å². The minimum atomic E-state index is 0.266. The summed E-state index contributed by atoms with van der Waals surface area (Å²) in [5.41, 5.74) is 8.47. The minimum Gasteiger partial charge on any atom is -0.508 e. The summed E-state index contributed by atoms with van der Waals surface area (Å²) in [7, 11) is 0. The third-order valence-corrected chi connectivity index (χ3v) is 7.02. The average molecular weight is 549 g/mol. The molecular weight excluding hydrogens is 517 g/mol. The van der Waals surface area contributed by atoms with Crippen molar-refractivity contribution in [3.63, 3.8) is 0 Å². The first-order valence-corrected chi connectivity index (χ1v) is 12.5. The Morgan fingerprint density at radius 2 is 1.94 bits per heavy atom. The summed E-state index contributed by atoms with van der Waals surface area (Å²) in [4.78, 5) is 14.3. The van der Waals surface area contributed by atoms with Crippen molar-refractivity contribution in [2.75, 3.05) is 10.6 Å². The molecule has 5 N–H and O–H groups in total. The van der Waals surface area contributed by atoms with Gasteiger partial charge in [-0.05, 0) is 79.3 Å². The van der Waals surface area contributed by atoms with Gasteiger partial charge in [-0.15, -0.1) is 0 Å². The van der Waals surface area contributed by atoms with E-state index in [1.54, 1.807) is 6.07 Å². The van der Waals surface area contributed by atoms with Crippen molar-refractivity contribution in [1.29, 1.82) is 0 Å². The Kier molecular flexibility index (Phi) is 7.34. The monoisotopic (exact) mass is 549 g/mol. The van der Waals surface area contributed by atoms with Crippen LogP contribution in [-0.4, -0.2) is 36.7 Å². The van der Waals surface area contributed by atoms with E-state index < -0.39 is 0 Å². The van der Waals surface area contributed by atoms with Crippen molar-refractivity contribution in [1.82, 2.24) is 19.5 Å². The fraction of sp³-hybridized carbons (Fsp3) is 0.522. The summed E-state index contributed by atoms with van der Waals surface area (Å²) in [6, 6.07) is 6.53. The summed E-state index contributed by atoms with van der Waals surface area (Å²) in [6.07, 6.45) is 7.96. The normalized spacial score (nSPS) is 18.9. The molecule has 4 rings (SSSR count). The minimum absolute atomic E-state index is 0.266. The number of hydrogen-bond donors (Lipinski definition) is 4. The Morgan fingerprint density at radius 3 is 2.66 bits per heavy atom. The average Bonchev–Trinajstić information content (AvgIpc) is 3.21. The largest absolute Gasteiger partial charge is 0.508 e. The van der Waals surface area contributed by atoms with Gasteiger partial charge in [0.1, 0.15) is 5.75 Å². The molecule has 1 aliphatic carbocycles. The second-order valence-electron chi connectivity index (χ2n) is 8.57. The standard InChI is InChI=1S/C23H32IN7O/c1-3-18(4-2)31-13-27-20-21(26-12-14-11-15(24)5-10-19(14)32)29-23(30-22(20)31)28-17-8-6-16(25)7-9-17/h5,10-11,13,16-18,32H,3-4,6-9,12,25H2,1-2H3,(H2,26,28,29,30). The summed E-state index contributed by atoms with van der Waals surface area (Å²) in [5, 5.41) is 17.2. The lowest BCUT2D eigenvalue weighted by Crippen LogP contribution is -2.33. The van der Waals surface area contributed by atoms with Gasteiger partial charge in [0, 0.05) is 33.8 Å². The lowest BCUT2D eigenvalue weighted by Gasteiger charge is -2.27. The maximum atomic E-state index is 10.2.